The second kappa shape index (κ2) is 5.87. The van der Waals surface area contributed by atoms with E-state index in [0.717, 1.165) is 25.0 Å². The lowest BCUT2D eigenvalue weighted by Gasteiger charge is -2.08. The number of benzene rings is 1. The Hall–Kier alpha value is -2.15. The van der Waals surface area contributed by atoms with E-state index in [4.69, 9.17) is 11.6 Å². The number of hydrazine groups is 1. The van der Waals surface area contributed by atoms with Crippen molar-refractivity contribution in [3.8, 4) is 0 Å². The molecule has 1 aliphatic rings. The minimum atomic E-state index is -1.02. The summed E-state index contributed by atoms with van der Waals surface area (Å²) in [6, 6.07) is 3.45. The van der Waals surface area contributed by atoms with Crippen LogP contribution in [0.2, 0.25) is 5.02 Å². The molecule has 1 aromatic rings. The zero-order valence-corrected chi connectivity index (χ0v) is 11.0. The summed E-state index contributed by atoms with van der Waals surface area (Å²) in [7, 11) is 0. The lowest BCUT2D eigenvalue weighted by atomic mass is 10.2. The summed E-state index contributed by atoms with van der Waals surface area (Å²) < 4.78 is 13.4. The molecule has 6 nitrogen and oxygen atoms in total. The number of nitrogens with one attached hydrogen (secondary N) is 3. The maximum atomic E-state index is 13.4. The summed E-state index contributed by atoms with van der Waals surface area (Å²) in [5.74, 6) is -3.56. The maximum absolute atomic E-state index is 13.4. The van der Waals surface area contributed by atoms with Crippen LogP contribution in [0.3, 0.4) is 0 Å². The van der Waals surface area contributed by atoms with Gasteiger partial charge >= 0.3 is 11.8 Å². The van der Waals surface area contributed by atoms with Crippen LogP contribution in [0.15, 0.2) is 18.2 Å². The van der Waals surface area contributed by atoms with Crippen molar-refractivity contribution in [1.82, 2.24) is 16.2 Å². The van der Waals surface area contributed by atoms with Gasteiger partial charge in [0.25, 0.3) is 5.91 Å². The van der Waals surface area contributed by atoms with Crippen LogP contribution in [0.25, 0.3) is 0 Å². The smallest absolute Gasteiger partial charge is 0.327 e. The number of hydrogen-bond donors (Lipinski definition) is 3. The Morgan fingerprint density at radius 3 is 2.50 bits per heavy atom. The highest BCUT2D eigenvalue weighted by atomic mass is 35.5. The molecule has 0 aromatic heterocycles. The highest BCUT2D eigenvalue weighted by Gasteiger charge is 2.26. The van der Waals surface area contributed by atoms with Gasteiger partial charge < -0.3 is 5.32 Å². The molecule has 20 heavy (non-hydrogen) atoms. The fourth-order valence-electron chi connectivity index (χ4n) is 1.39. The molecule has 1 saturated carbocycles. The fraction of sp³-hybridized carbons (Fsp3) is 0.250. The van der Waals surface area contributed by atoms with Gasteiger partial charge in [0.2, 0.25) is 0 Å². The first kappa shape index (κ1) is 14.3. The molecule has 0 aliphatic heterocycles. The van der Waals surface area contributed by atoms with Crippen molar-refractivity contribution in [3.05, 3.63) is 34.6 Å². The van der Waals surface area contributed by atoms with Crippen LogP contribution in [0.4, 0.5) is 4.39 Å². The summed E-state index contributed by atoms with van der Waals surface area (Å²) in [5, 5.41) is 2.62. The lowest BCUT2D eigenvalue weighted by molar-refractivity contribution is -0.139. The van der Waals surface area contributed by atoms with E-state index >= 15 is 0 Å². The minimum Gasteiger partial charge on any atom is -0.345 e. The first-order chi connectivity index (χ1) is 9.47. The van der Waals surface area contributed by atoms with Crippen LogP contribution in [-0.4, -0.2) is 23.8 Å². The van der Waals surface area contributed by atoms with Gasteiger partial charge in [0.1, 0.15) is 5.82 Å². The Labute approximate surface area is 118 Å². The maximum Gasteiger partial charge on any atom is 0.327 e. The van der Waals surface area contributed by atoms with Crippen LogP contribution < -0.4 is 16.2 Å². The Bertz CT molecular complexity index is 575. The molecule has 3 N–H and O–H groups in total. The van der Waals surface area contributed by atoms with Gasteiger partial charge in [-0.2, -0.15) is 0 Å². The van der Waals surface area contributed by atoms with E-state index in [0.29, 0.717) is 0 Å². The van der Waals surface area contributed by atoms with Crippen molar-refractivity contribution >= 4 is 29.3 Å². The van der Waals surface area contributed by atoms with Crippen LogP contribution in [0, 0.1) is 5.82 Å². The Kier molecular flexibility index (Phi) is 4.19. The van der Waals surface area contributed by atoms with E-state index in [9.17, 15) is 18.8 Å². The first-order valence-corrected chi connectivity index (χ1v) is 6.21. The standard InChI is InChI=1S/C12H11ClFN3O3/c13-6-1-4-9(14)8(5-6)10(18)16-17-12(20)11(19)15-7-2-3-7/h1,4-5,7H,2-3H2,(H,15,19)(H,16,18)(H,17,20). The van der Waals surface area contributed by atoms with Crippen molar-refractivity contribution in [2.24, 2.45) is 0 Å². The van der Waals surface area contributed by atoms with Gasteiger partial charge in [0.15, 0.2) is 0 Å². The van der Waals surface area contributed by atoms with Gasteiger partial charge in [-0.1, -0.05) is 11.6 Å². The third-order valence-corrected chi connectivity index (χ3v) is 2.82. The molecule has 0 bridgehead atoms. The first-order valence-electron chi connectivity index (χ1n) is 5.83. The number of halogens is 2. The highest BCUT2D eigenvalue weighted by molar-refractivity contribution is 6.35. The molecule has 0 unspecified atom stereocenters. The Morgan fingerprint density at radius 2 is 1.85 bits per heavy atom. The quantitative estimate of drug-likeness (QED) is 0.549. The summed E-state index contributed by atoms with van der Waals surface area (Å²) >= 11 is 5.64. The third kappa shape index (κ3) is 3.67. The SMILES string of the molecule is O=C(NNC(=O)c1cc(Cl)ccc1F)C(=O)NC1CC1. The molecule has 0 atom stereocenters. The average molecular weight is 300 g/mol. The number of amides is 3. The number of hydrogen-bond acceptors (Lipinski definition) is 3. The molecule has 106 valence electrons. The van der Waals surface area contributed by atoms with E-state index < -0.39 is 23.5 Å². The zero-order chi connectivity index (χ0) is 14.7. The van der Waals surface area contributed by atoms with Gasteiger partial charge in [-0.25, -0.2) is 4.39 Å². The third-order valence-electron chi connectivity index (χ3n) is 2.58. The Balaban J connectivity index is 1.89. The van der Waals surface area contributed by atoms with Gasteiger partial charge in [0, 0.05) is 11.1 Å². The molecular weight excluding hydrogens is 289 g/mol. The second-order valence-electron chi connectivity index (χ2n) is 4.28. The van der Waals surface area contributed by atoms with Crippen LogP contribution in [0.5, 0.6) is 0 Å². The normalized spacial score (nSPS) is 13.5. The fourth-order valence-corrected chi connectivity index (χ4v) is 1.56. The summed E-state index contributed by atoms with van der Waals surface area (Å²) in [5.41, 5.74) is 3.51. The van der Waals surface area contributed by atoms with Crippen LogP contribution in [0.1, 0.15) is 23.2 Å². The number of rotatable bonds is 2. The molecule has 1 fully saturated rings. The molecule has 0 spiro atoms. The van der Waals surface area contributed by atoms with Crippen molar-refractivity contribution in [3.63, 3.8) is 0 Å². The zero-order valence-electron chi connectivity index (χ0n) is 10.2. The molecule has 0 heterocycles. The number of carbonyl (C=O) groups is 3. The predicted octanol–water partition coefficient (Wildman–Crippen LogP) is 0.519. The molecular formula is C12H11ClFN3O3. The lowest BCUT2D eigenvalue weighted by Crippen LogP contribution is -2.49. The topological polar surface area (TPSA) is 87.3 Å². The molecule has 0 radical (unpaired) electrons. The van der Waals surface area contributed by atoms with Gasteiger partial charge in [-0.15, -0.1) is 0 Å². The second-order valence-corrected chi connectivity index (χ2v) is 4.72. The van der Waals surface area contributed by atoms with Crippen molar-refractivity contribution < 1.29 is 18.8 Å². The highest BCUT2D eigenvalue weighted by Crippen LogP contribution is 2.18. The summed E-state index contributed by atoms with van der Waals surface area (Å²) in [6.07, 6.45) is 1.66. The molecule has 8 heteroatoms. The van der Waals surface area contributed by atoms with E-state index in [2.05, 4.69) is 5.32 Å². The van der Waals surface area contributed by atoms with E-state index in [1.54, 1.807) is 0 Å². The van der Waals surface area contributed by atoms with E-state index in [1.807, 2.05) is 10.9 Å². The van der Waals surface area contributed by atoms with Crippen LogP contribution in [-0.2, 0) is 9.59 Å². The van der Waals surface area contributed by atoms with Crippen molar-refractivity contribution in [1.29, 1.82) is 0 Å². The Morgan fingerprint density at radius 1 is 1.15 bits per heavy atom. The van der Waals surface area contributed by atoms with Crippen molar-refractivity contribution in [2.75, 3.05) is 0 Å². The largest absolute Gasteiger partial charge is 0.345 e. The van der Waals surface area contributed by atoms with Gasteiger partial charge in [-0.3, -0.25) is 25.2 Å². The van der Waals surface area contributed by atoms with Crippen LogP contribution >= 0.6 is 11.6 Å². The monoisotopic (exact) mass is 299 g/mol. The van der Waals surface area contributed by atoms with Gasteiger partial charge in [0.05, 0.1) is 5.56 Å². The molecule has 1 aliphatic carbocycles. The molecule has 1 aromatic carbocycles. The summed E-state index contributed by atoms with van der Waals surface area (Å²) in [4.78, 5) is 34.3. The molecule has 0 saturated heterocycles. The number of carbonyl (C=O) groups excluding carboxylic acids is 3. The van der Waals surface area contributed by atoms with Crippen molar-refractivity contribution in [2.45, 2.75) is 18.9 Å². The average Bonchev–Trinajstić information content (AvgIpc) is 3.22. The molecule has 2 rings (SSSR count). The van der Waals surface area contributed by atoms with E-state index in [1.165, 1.54) is 6.07 Å². The van der Waals surface area contributed by atoms with Gasteiger partial charge in [-0.05, 0) is 31.0 Å². The minimum absolute atomic E-state index is 0.0225. The summed E-state index contributed by atoms with van der Waals surface area (Å²) in [6.45, 7) is 0. The molecule has 3 amide bonds. The van der Waals surface area contributed by atoms with E-state index in [-0.39, 0.29) is 16.6 Å². The predicted molar refractivity (Wildman–Crippen MR) is 68.2 cm³/mol.